The highest BCUT2D eigenvalue weighted by atomic mass is 14.0. The minimum Gasteiger partial charge on any atom is -0.0819 e. The van der Waals surface area contributed by atoms with Gasteiger partial charge in [-0.05, 0) is 21.5 Å². The Morgan fingerprint density at radius 2 is 0.900 bits per heavy atom. The van der Waals surface area contributed by atoms with E-state index in [0.29, 0.717) is 13.4 Å². The van der Waals surface area contributed by atoms with Crippen LogP contribution in [-0.2, 0) is 0 Å². The molecule has 0 spiro atoms. The van der Waals surface area contributed by atoms with Crippen molar-refractivity contribution in [2.24, 2.45) is 0 Å². The van der Waals surface area contributed by atoms with Gasteiger partial charge in [0.1, 0.15) is 0 Å². The summed E-state index contributed by atoms with van der Waals surface area (Å²) in [7, 11) is 0. The molecule has 0 heterocycles. The molecule has 0 N–H and O–H groups in total. The van der Waals surface area contributed by atoms with E-state index in [2.05, 4.69) is 75.8 Å². The van der Waals surface area contributed by atoms with Crippen LogP contribution in [0.15, 0.2) is 48.5 Å². The number of benzene rings is 3. The summed E-state index contributed by atoms with van der Waals surface area (Å²) in [6.45, 7) is 10.2. The third kappa shape index (κ3) is 2.24. The molecular formula is C18H20B2. The highest BCUT2D eigenvalue weighted by Crippen LogP contribution is 2.24. The Morgan fingerprint density at radius 1 is 0.550 bits per heavy atom. The summed E-state index contributed by atoms with van der Waals surface area (Å²) in [4.78, 5) is 0. The van der Waals surface area contributed by atoms with Crippen LogP contribution < -0.4 is 10.9 Å². The molecule has 98 valence electrons. The largest absolute Gasteiger partial charge is 0.169 e. The standard InChI is InChI=1S/C18H20B2/c1-19(2)15-9-7-13-5-6-14-8-10-16(20(3)4)12-18(14)17(13)11-15/h5-12H,1-4H3. The van der Waals surface area contributed by atoms with Crippen LogP contribution in [0.5, 0.6) is 0 Å². The maximum Gasteiger partial charge on any atom is 0.169 e. The monoisotopic (exact) mass is 258 g/mol. The zero-order chi connectivity index (χ0) is 14.3. The Kier molecular flexibility index (Phi) is 3.33. The van der Waals surface area contributed by atoms with Crippen LogP contribution >= 0.6 is 0 Å². The number of rotatable bonds is 2. The molecule has 0 aliphatic heterocycles. The number of fused-ring (bicyclic) bond motifs is 3. The van der Waals surface area contributed by atoms with Gasteiger partial charge in [-0.1, -0.05) is 86.7 Å². The second-order valence-electron chi connectivity index (χ2n) is 6.34. The molecule has 0 unspecified atom stereocenters. The van der Waals surface area contributed by atoms with Crippen molar-refractivity contribution in [2.75, 3.05) is 0 Å². The first-order valence-corrected chi connectivity index (χ1v) is 7.52. The van der Waals surface area contributed by atoms with Gasteiger partial charge in [0.05, 0.1) is 0 Å². The molecule has 20 heavy (non-hydrogen) atoms. The molecule has 0 radical (unpaired) electrons. The first kappa shape index (κ1) is 13.3. The first-order chi connectivity index (χ1) is 9.56. The van der Waals surface area contributed by atoms with Crippen molar-refractivity contribution in [2.45, 2.75) is 27.3 Å². The van der Waals surface area contributed by atoms with Crippen molar-refractivity contribution in [3.63, 3.8) is 0 Å². The Balaban J connectivity index is 2.36. The van der Waals surface area contributed by atoms with Gasteiger partial charge in [-0.3, -0.25) is 0 Å². The highest BCUT2D eigenvalue weighted by Gasteiger charge is 2.08. The summed E-state index contributed by atoms with van der Waals surface area (Å²) in [6, 6.07) is 18.2. The summed E-state index contributed by atoms with van der Waals surface area (Å²) in [5.74, 6) is 0. The second kappa shape index (κ2) is 5.01. The van der Waals surface area contributed by atoms with E-state index in [1.165, 1.54) is 32.5 Å². The SMILES string of the molecule is CB(C)c1ccc2ccc3ccc(B(C)C)cc3c2c1. The molecule has 0 saturated carbocycles. The van der Waals surface area contributed by atoms with E-state index in [1.54, 1.807) is 0 Å². The molecule has 0 aliphatic carbocycles. The predicted octanol–water partition coefficient (Wildman–Crippen LogP) is 3.92. The third-order valence-corrected chi connectivity index (χ3v) is 4.22. The molecule has 3 aromatic rings. The Bertz CT molecular complexity index is 706. The molecule has 0 saturated heterocycles. The average Bonchev–Trinajstić information content (AvgIpc) is 2.45. The number of hydrogen-bond donors (Lipinski definition) is 0. The Hall–Kier alpha value is -1.69. The topological polar surface area (TPSA) is 0 Å². The van der Waals surface area contributed by atoms with E-state index >= 15 is 0 Å². The zero-order valence-electron chi connectivity index (χ0n) is 12.8. The van der Waals surface area contributed by atoms with E-state index < -0.39 is 0 Å². The molecule has 0 bridgehead atoms. The quantitative estimate of drug-likeness (QED) is 0.482. The fourth-order valence-electron chi connectivity index (χ4n) is 2.80. The molecular weight excluding hydrogens is 238 g/mol. The van der Waals surface area contributed by atoms with Gasteiger partial charge in [0, 0.05) is 0 Å². The lowest BCUT2D eigenvalue weighted by molar-refractivity contribution is 1.78. The smallest absolute Gasteiger partial charge is 0.0819 e. The summed E-state index contributed by atoms with van der Waals surface area (Å²) in [5.41, 5.74) is 2.83. The summed E-state index contributed by atoms with van der Waals surface area (Å²) in [5, 5.41) is 5.44. The van der Waals surface area contributed by atoms with E-state index in [0.717, 1.165) is 0 Å². The Morgan fingerprint density at radius 3 is 1.25 bits per heavy atom. The van der Waals surface area contributed by atoms with Crippen molar-refractivity contribution < 1.29 is 0 Å². The molecule has 3 rings (SSSR count). The fourth-order valence-corrected chi connectivity index (χ4v) is 2.80. The van der Waals surface area contributed by atoms with Crippen LogP contribution in [0.25, 0.3) is 21.5 Å². The third-order valence-electron chi connectivity index (χ3n) is 4.22. The van der Waals surface area contributed by atoms with Gasteiger partial charge < -0.3 is 0 Å². The minimum atomic E-state index is 0.572. The van der Waals surface area contributed by atoms with E-state index in [9.17, 15) is 0 Å². The minimum absolute atomic E-state index is 0.572. The van der Waals surface area contributed by atoms with E-state index in [4.69, 9.17) is 0 Å². The fraction of sp³-hybridized carbons (Fsp3) is 0.222. The summed E-state index contributed by atoms with van der Waals surface area (Å²) in [6.07, 6.45) is 0. The molecule has 0 amide bonds. The molecule has 0 aromatic heterocycles. The molecule has 2 heteroatoms. The lowest BCUT2D eigenvalue weighted by Gasteiger charge is -2.10. The number of hydrogen-bond acceptors (Lipinski definition) is 0. The van der Waals surface area contributed by atoms with Crippen molar-refractivity contribution in [3.05, 3.63) is 48.5 Å². The van der Waals surface area contributed by atoms with Gasteiger partial charge in [0.25, 0.3) is 0 Å². The maximum absolute atomic E-state index is 2.37. The van der Waals surface area contributed by atoms with Crippen LogP contribution in [-0.4, -0.2) is 13.4 Å². The zero-order valence-corrected chi connectivity index (χ0v) is 12.8. The van der Waals surface area contributed by atoms with Gasteiger partial charge in [-0.25, -0.2) is 0 Å². The lowest BCUT2D eigenvalue weighted by Crippen LogP contribution is -2.22. The van der Waals surface area contributed by atoms with Crippen LogP contribution in [0, 0.1) is 0 Å². The summed E-state index contributed by atoms with van der Waals surface area (Å²) < 4.78 is 0. The van der Waals surface area contributed by atoms with Gasteiger partial charge in [0.2, 0.25) is 0 Å². The highest BCUT2D eigenvalue weighted by molar-refractivity contribution is 6.71. The van der Waals surface area contributed by atoms with Gasteiger partial charge in [0.15, 0.2) is 13.4 Å². The molecule has 0 aliphatic rings. The van der Waals surface area contributed by atoms with Crippen molar-refractivity contribution >= 4 is 45.9 Å². The van der Waals surface area contributed by atoms with Gasteiger partial charge in [-0.2, -0.15) is 0 Å². The molecule has 0 nitrogen and oxygen atoms in total. The Labute approximate surface area is 122 Å². The maximum atomic E-state index is 2.37. The van der Waals surface area contributed by atoms with Crippen molar-refractivity contribution in [1.82, 2.24) is 0 Å². The van der Waals surface area contributed by atoms with Crippen LogP contribution in [0.1, 0.15) is 0 Å². The molecule has 3 aromatic carbocycles. The van der Waals surface area contributed by atoms with Gasteiger partial charge >= 0.3 is 0 Å². The summed E-state index contributed by atoms with van der Waals surface area (Å²) >= 11 is 0. The molecule has 0 atom stereocenters. The van der Waals surface area contributed by atoms with Crippen molar-refractivity contribution in [1.29, 1.82) is 0 Å². The van der Waals surface area contributed by atoms with Gasteiger partial charge in [-0.15, -0.1) is 0 Å². The van der Waals surface area contributed by atoms with Crippen LogP contribution in [0.4, 0.5) is 0 Å². The van der Waals surface area contributed by atoms with Crippen molar-refractivity contribution in [3.8, 4) is 0 Å². The van der Waals surface area contributed by atoms with E-state index in [-0.39, 0.29) is 0 Å². The van der Waals surface area contributed by atoms with Crippen LogP contribution in [0.2, 0.25) is 27.3 Å². The van der Waals surface area contributed by atoms with Crippen LogP contribution in [0.3, 0.4) is 0 Å². The first-order valence-electron chi connectivity index (χ1n) is 7.52. The average molecular weight is 258 g/mol. The molecule has 0 fully saturated rings. The van der Waals surface area contributed by atoms with E-state index in [1.807, 2.05) is 0 Å². The lowest BCUT2D eigenvalue weighted by atomic mass is 9.49. The second-order valence-corrected chi connectivity index (χ2v) is 6.34. The predicted molar refractivity (Wildman–Crippen MR) is 95.7 cm³/mol. The normalized spacial score (nSPS) is 11.0.